The molecule has 0 unspecified atom stereocenters. The van der Waals surface area contributed by atoms with Gasteiger partial charge in [0.05, 0.1) is 5.69 Å². The van der Waals surface area contributed by atoms with Crippen LogP contribution in [0.4, 0.5) is 19.0 Å². The van der Waals surface area contributed by atoms with Gasteiger partial charge in [0.25, 0.3) is 0 Å². The molecule has 0 fully saturated rings. The average Bonchev–Trinajstić information content (AvgIpc) is 2.50. The number of nitrogens with one attached hydrogen (secondary N) is 1. The Balaban J connectivity index is 2.50. The summed E-state index contributed by atoms with van der Waals surface area (Å²) in [5, 5.41) is 3.08. The first kappa shape index (κ1) is 15.3. The average molecular weight is 295 g/mol. The first-order valence-corrected chi connectivity index (χ1v) is 6.82. The third-order valence-electron chi connectivity index (χ3n) is 2.96. The van der Waals surface area contributed by atoms with E-state index in [1.165, 1.54) is 12.1 Å². The minimum Gasteiger partial charge on any atom is -0.370 e. The summed E-state index contributed by atoms with van der Waals surface area (Å²) in [6, 6.07) is 3.60. The summed E-state index contributed by atoms with van der Waals surface area (Å²) in [6.07, 6.45) is 1.46. The fraction of sp³-hybridized carbons (Fsp3) is 0.333. The maximum atomic E-state index is 13.9. The van der Waals surface area contributed by atoms with Crippen molar-refractivity contribution >= 4 is 5.82 Å². The van der Waals surface area contributed by atoms with E-state index >= 15 is 0 Å². The molecule has 0 saturated heterocycles. The molecule has 21 heavy (non-hydrogen) atoms. The minimum atomic E-state index is -1.49. The molecular weight excluding hydrogens is 279 g/mol. The van der Waals surface area contributed by atoms with Gasteiger partial charge in [-0.25, -0.2) is 23.1 Å². The smallest absolute Gasteiger partial charge is 0.195 e. The van der Waals surface area contributed by atoms with Crippen molar-refractivity contribution in [3.05, 3.63) is 41.5 Å². The third kappa shape index (κ3) is 3.32. The largest absolute Gasteiger partial charge is 0.370 e. The standard InChI is InChI=1S/C15H16F3N3/c1-3-7-19-13-8-11(20-12(4-2)21-13)9-5-6-10(16)15(18)14(9)17/h5-6,8H,3-4,7H2,1-2H3,(H,19,20,21). The van der Waals surface area contributed by atoms with E-state index < -0.39 is 17.5 Å². The highest BCUT2D eigenvalue weighted by atomic mass is 19.2. The lowest BCUT2D eigenvalue weighted by Gasteiger charge is -2.10. The van der Waals surface area contributed by atoms with Crippen LogP contribution in [0, 0.1) is 17.5 Å². The van der Waals surface area contributed by atoms with E-state index in [1.807, 2.05) is 13.8 Å². The van der Waals surface area contributed by atoms with E-state index in [1.54, 1.807) is 0 Å². The summed E-state index contributed by atoms with van der Waals surface area (Å²) in [6.45, 7) is 4.58. The van der Waals surface area contributed by atoms with Crippen molar-refractivity contribution in [1.82, 2.24) is 9.97 Å². The van der Waals surface area contributed by atoms with Crippen molar-refractivity contribution in [1.29, 1.82) is 0 Å². The molecule has 6 heteroatoms. The summed E-state index contributed by atoms with van der Waals surface area (Å²) >= 11 is 0. The Labute approximate surface area is 121 Å². The number of hydrogen-bond donors (Lipinski definition) is 1. The minimum absolute atomic E-state index is 0.0782. The lowest BCUT2D eigenvalue weighted by atomic mass is 10.1. The zero-order valence-electron chi connectivity index (χ0n) is 11.9. The predicted molar refractivity (Wildman–Crippen MR) is 75.5 cm³/mol. The fourth-order valence-electron chi connectivity index (χ4n) is 1.86. The van der Waals surface area contributed by atoms with Crippen LogP contribution in [-0.2, 0) is 6.42 Å². The summed E-state index contributed by atoms with van der Waals surface area (Å²) in [4.78, 5) is 8.45. The topological polar surface area (TPSA) is 37.8 Å². The van der Waals surface area contributed by atoms with Gasteiger partial charge < -0.3 is 5.32 Å². The molecule has 1 aromatic carbocycles. The second-order valence-corrected chi connectivity index (χ2v) is 4.56. The number of hydrogen-bond acceptors (Lipinski definition) is 3. The quantitative estimate of drug-likeness (QED) is 0.849. The van der Waals surface area contributed by atoms with Crippen LogP contribution in [0.25, 0.3) is 11.3 Å². The Bertz CT molecular complexity index is 644. The molecule has 0 atom stereocenters. The lowest BCUT2D eigenvalue weighted by Crippen LogP contribution is -2.06. The van der Waals surface area contributed by atoms with E-state index in [9.17, 15) is 13.2 Å². The molecule has 0 bridgehead atoms. The molecule has 0 spiro atoms. The molecule has 0 radical (unpaired) electrons. The molecule has 0 amide bonds. The van der Waals surface area contributed by atoms with Crippen LogP contribution in [-0.4, -0.2) is 16.5 Å². The highest BCUT2D eigenvalue weighted by Crippen LogP contribution is 2.26. The van der Waals surface area contributed by atoms with Crippen molar-refractivity contribution in [2.45, 2.75) is 26.7 Å². The van der Waals surface area contributed by atoms with Crippen molar-refractivity contribution in [3.63, 3.8) is 0 Å². The number of halogens is 3. The first-order valence-electron chi connectivity index (χ1n) is 6.82. The number of aromatic nitrogens is 2. The van der Waals surface area contributed by atoms with Crippen LogP contribution >= 0.6 is 0 Å². The predicted octanol–water partition coefficient (Wildman–Crippen LogP) is 3.95. The molecule has 1 N–H and O–H groups in total. The van der Waals surface area contributed by atoms with Gasteiger partial charge >= 0.3 is 0 Å². The van der Waals surface area contributed by atoms with Crippen LogP contribution in [0.2, 0.25) is 0 Å². The van der Waals surface area contributed by atoms with Gasteiger partial charge in [-0.3, -0.25) is 0 Å². The fourth-order valence-corrected chi connectivity index (χ4v) is 1.86. The van der Waals surface area contributed by atoms with E-state index in [4.69, 9.17) is 0 Å². The van der Waals surface area contributed by atoms with Gasteiger partial charge in [-0.1, -0.05) is 13.8 Å². The Morgan fingerprint density at radius 3 is 2.48 bits per heavy atom. The Hall–Kier alpha value is -2.11. The highest BCUT2D eigenvalue weighted by molar-refractivity contribution is 5.63. The van der Waals surface area contributed by atoms with Gasteiger partial charge in [-0.15, -0.1) is 0 Å². The maximum absolute atomic E-state index is 13.9. The van der Waals surface area contributed by atoms with Crippen LogP contribution in [0.1, 0.15) is 26.1 Å². The molecule has 0 aliphatic carbocycles. The number of anilines is 1. The molecule has 0 aliphatic heterocycles. The second-order valence-electron chi connectivity index (χ2n) is 4.56. The highest BCUT2D eigenvalue weighted by Gasteiger charge is 2.16. The number of rotatable bonds is 5. The van der Waals surface area contributed by atoms with Crippen molar-refractivity contribution in [2.24, 2.45) is 0 Å². The van der Waals surface area contributed by atoms with Crippen molar-refractivity contribution < 1.29 is 13.2 Å². The second kappa shape index (κ2) is 6.56. The van der Waals surface area contributed by atoms with Crippen LogP contribution < -0.4 is 5.32 Å². The van der Waals surface area contributed by atoms with Crippen LogP contribution in [0.5, 0.6) is 0 Å². The summed E-state index contributed by atoms with van der Waals surface area (Å²) in [5.41, 5.74) is 0.155. The van der Waals surface area contributed by atoms with Gasteiger partial charge in [-0.05, 0) is 18.6 Å². The SMILES string of the molecule is CCCNc1cc(-c2ccc(F)c(F)c2F)nc(CC)n1. The molecule has 112 valence electrons. The molecule has 1 aromatic heterocycles. The summed E-state index contributed by atoms with van der Waals surface area (Å²) in [5.74, 6) is -2.90. The van der Waals surface area contributed by atoms with Gasteiger partial charge in [0.2, 0.25) is 0 Å². The lowest BCUT2D eigenvalue weighted by molar-refractivity contribution is 0.449. The summed E-state index contributed by atoms with van der Waals surface area (Å²) in [7, 11) is 0. The zero-order chi connectivity index (χ0) is 15.4. The van der Waals surface area contributed by atoms with Crippen LogP contribution in [0.3, 0.4) is 0 Å². The van der Waals surface area contributed by atoms with E-state index in [0.29, 0.717) is 24.6 Å². The Morgan fingerprint density at radius 2 is 1.81 bits per heavy atom. The monoisotopic (exact) mass is 295 g/mol. The van der Waals surface area contributed by atoms with Crippen molar-refractivity contribution in [2.75, 3.05) is 11.9 Å². The number of nitrogens with zero attached hydrogens (tertiary/aromatic N) is 2. The molecule has 1 heterocycles. The van der Waals surface area contributed by atoms with Crippen LogP contribution in [0.15, 0.2) is 18.2 Å². The van der Waals surface area contributed by atoms with Gasteiger partial charge in [0.1, 0.15) is 11.6 Å². The maximum Gasteiger partial charge on any atom is 0.195 e. The van der Waals surface area contributed by atoms with Gasteiger partial charge in [0, 0.05) is 24.6 Å². The Morgan fingerprint density at radius 1 is 1.05 bits per heavy atom. The Kier molecular flexibility index (Phi) is 4.77. The number of benzene rings is 1. The van der Waals surface area contributed by atoms with Gasteiger partial charge in [-0.2, -0.15) is 0 Å². The number of aryl methyl sites for hydroxylation is 1. The van der Waals surface area contributed by atoms with Gasteiger partial charge in [0.15, 0.2) is 17.5 Å². The molecule has 0 aliphatic rings. The molecular formula is C15H16F3N3. The van der Waals surface area contributed by atoms with E-state index in [-0.39, 0.29) is 11.3 Å². The molecule has 2 aromatic rings. The third-order valence-corrected chi connectivity index (χ3v) is 2.96. The van der Waals surface area contributed by atoms with Crippen molar-refractivity contribution in [3.8, 4) is 11.3 Å². The molecule has 2 rings (SSSR count). The zero-order valence-corrected chi connectivity index (χ0v) is 11.9. The molecule has 0 saturated carbocycles. The normalized spacial score (nSPS) is 10.7. The summed E-state index contributed by atoms with van der Waals surface area (Å²) < 4.78 is 40.2. The van der Waals surface area contributed by atoms with E-state index in [0.717, 1.165) is 12.5 Å². The molecule has 3 nitrogen and oxygen atoms in total. The van der Waals surface area contributed by atoms with E-state index in [2.05, 4.69) is 15.3 Å². The first-order chi connectivity index (χ1) is 10.1.